The third-order valence-electron chi connectivity index (χ3n) is 2.65. The van der Waals surface area contributed by atoms with Crippen molar-refractivity contribution in [2.45, 2.75) is 12.5 Å². The van der Waals surface area contributed by atoms with Crippen molar-refractivity contribution in [1.29, 1.82) is 0 Å². The van der Waals surface area contributed by atoms with E-state index in [-0.39, 0.29) is 0 Å². The van der Waals surface area contributed by atoms with Gasteiger partial charge in [-0.3, -0.25) is 0 Å². The number of rotatable bonds is 4. The minimum atomic E-state index is 0.378. The zero-order valence-corrected chi connectivity index (χ0v) is 11.5. The third-order valence-corrected chi connectivity index (χ3v) is 4.40. The average Bonchev–Trinajstić information content (AvgIpc) is 2.74. The highest BCUT2D eigenvalue weighted by atomic mass is 79.9. The number of likely N-dealkylation sites (N-methyl/N-ethyl adjacent to an activating group) is 1. The van der Waals surface area contributed by atoms with E-state index >= 15 is 0 Å². The Morgan fingerprint density at radius 2 is 2.00 bits per heavy atom. The van der Waals surface area contributed by atoms with Gasteiger partial charge in [-0.25, -0.2) is 0 Å². The van der Waals surface area contributed by atoms with Gasteiger partial charge in [0.2, 0.25) is 0 Å². The summed E-state index contributed by atoms with van der Waals surface area (Å²) in [6.07, 6.45) is 1.02. The molecule has 1 aromatic heterocycles. The Hall–Kier alpha value is -0.640. The summed E-state index contributed by atoms with van der Waals surface area (Å²) in [6, 6.07) is 11.0. The van der Waals surface area contributed by atoms with E-state index in [1.807, 2.05) is 7.05 Å². The van der Waals surface area contributed by atoms with Crippen LogP contribution in [0.5, 0.6) is 0 Å². The van der Waals surface area contributed by atoms with Crippen LogP contribution in [0.1, 0.15) is 17.2 Å². The largest absolute Gasteiger partial charge is 0.313 e. The van der Waals surface area contributed by atoms with E-state index in [0.717, 1.165) is 6.42 Å². The molecule has 0 amide bonds. The molecule has 0 aliphatic heterocycles. The molecule has 0 bridgehead atoms. The van der Waals surface area contributed by atoms with Crippen molar-refractivity contribution in [3.05, 3.63) is 56.7 Å². The van der Waals surface area contributed by atoms with E-state index < -0.39 is 0 Å². The second kappa shape index (κ2) is 5.62. The molecule has 1 aromatic carbocycles. The van der Waals surface area contributed by atoms with Crippen LogP contribution in [0.4, 0.5) is 0 Å². The minimum Gasteiger partial charge on any atom is -0.313 e. The molecule has 84 valence electrons. The number of halogens is 1. The van der Waals surface area contributed by atoms with Gasteiger partial charge in [-0.2, -0.15) is 11.3 Å². The fourth-order valence-corrected chi connectivity index (χ4v) is 3.38. The summed E-state index contributed by atoms with van der Waals surface area (Å²) in [5, 5.41) is 7.70. The van der Waals surface area contributed by atoms with Crippen LogP contribution in [0.3, 0.4) is 0 Å². The first-order valence-electron chi connectivity index (χ1n) is 5.24. The predicted molar refractivity (Wildman–Crippen MR) is 74.0 cm³/mol. The Morgan fingerprint density at radius 3 is 2.56 bits per heavy atom. The molecule has 1 unspecified atom stereocenters. The van der Waals surface area contributed by atoms with E-state index in [4.69, 9.17) is 0 Å². The fraction of sp³-hybridized carbons (Fsp3) is 0.231. The summed E-state index contributed by atoms with van der Waals surface area (Å²) in [6.45, 7) is 0. The smallest absolute Gasteiger partial charge is 0.0377 e. The molecule has 2 aromatic rings. The van der Waals surface area contributed by atoms with E-state index in [2.05, 4.69) is 62.3 Å². The average molecular weight is 296 g/mol. The van der Waals surface area contributed by atoms with Crippen molar-refractivity contribution in [3.8, 4) is 0 Å². The maximum Gasteiger partial charge on any atom is 0.0377 e. The van der Waals surface area contributed by atoms with Gasteiger partial charge in [-0.15, -0.1) is 0 Å². The van der Waals surface area contributed by atoms with Crippen LogP contribution in [-0.2, 0) is 6.42 Å². The van der Waals surface area contributed by atoms with Gasteiger partial charge in [0.15, 0.2) is 0 Å². The molecule has 0 radical (unpaired) electrons. The second-order valence-corrected chi connectivity index (χ2v) is 5.30. The summed E-state index contributed by atoms with van der Waals surface area (Å²) in [5.41, 5.74) is 2.70. The molecular formula is C13H14BrNS. The minimum absolute atomic E-state index is 0.378. The molecule has 1 atom stereocenters. The Bertz CT molecular complexity index is 438. The number of hydrogen-bond donors (Lipinski definition) is 1. The lowest BCUT2D eigenvalue weighted by Gasteiger charge is -2.15. The van der Waals surface area contributed by atoms with Crippen LogP contribution >= 0.6 is 27.3 Å². The first-order chi connectivity index (χ1) is 7.81. The van der Waals surface area contributed by atoms with Crippen molar-refractivity contribution in [2.24, 2.45) is 0 Å². The topological polar surface area (TPSA) is 12.0 Å². The molecule has 2 rings (SSSR count). The highest BCUT2D eigenvalue weighted by Crippen LogP contribution is 2.29. The Balaban J connectivity index is 2.16. The third kappa shape index (κ3) is 2.73. The van der Waals surface area contributed by atoms with Gasteiger partial charge in [0.25, 0.3) is 0 Å². The molecule has 1 heterocycles. The van der Waals surface area contributed by atoms with E-state index in [1.54, 1.807) is 11.3 Å². The fourth-order valence-electron chi connectivity index (χ4n) is 1.76. The van der Waals surface area contributed by atoms with Crippen LogP contribution < -0.4 is 5.32 Å². The summed E-state index contributed by atoms with van der Waals surface area (Å²) in [5.74, 6) is 0. The Kier molecular flexibility index (Phi) is 4.16. The molecule has 0 aliphatic carbocycles. The van der Waals surface area contributed by atoms with Gasteiger partial charge in [0.05, 0.1) is 0 Å². The number of hydrogen-bond acceptors (Lipinski definition) is 2. The van der Waals surface area contributed by atoms with Gasteiger partial charge in [-0.05, 0) is 45.9 Å². The Morgan fingerprint density at radius 1 is 1.25 bits per heavy atom. The van der Waals surface area contributed by atoms with Crippen LogP contribution in [0.15, 0.2) is 45.6 Å². The Labute approximate surface area is 109 Å². The highest BCUT2D eigenvalue weighted by Gasteiger charge is 2.13. The summed E-state index contributed by atoms with van der Waals surface area (Å²) in [7, 11) is 2.01. The molecule has 0 fully saturated rings. The van der Waals surface area contributed by atoms with Gasteiger partial charge in [-0.1, -0.05) is 30.3 Å². The summed E-state index contributed by atoms with van der Waals surface area (Å²) >= 11 is 5.33. The first kappa shape index (κ1) is 11.8. The standard InChI is InChI=1S/C13H14BrNS/c1-15-13(11-8-16-9-12(11)14)7-10-5-3-2-4-6-10/h2-6,8-9,13,15H,7H2,1H3. The van der Waals surface area contributed by atoms with Gasteiger partial charge < -0.3 is 5.32 Å². The normalized spacial score (nSPS) is 12.6. The maximum absolute atomic E-state index is 3.59. The molecule has 0 saturated heterocycles. The zero-order valence-electron chi connectivity index (χ0n) is 9.11. The zero-order chi connectivity index (χ0) is 11.4. The van der Waals surface area contributed by atoms with Crippen LogP contribution in [0.25, 0.3) is 0 Å². The van der Waals surface area contributed by atoms with Crippen molar-refractivity contribution in [3.63, 3.8) is 0 Å². The predicted octanol–water partition coefficient (Wildman–Crippen LogP) is 4.01. The quantitative estimate of drug-likeness (QED) is 0.898. The van der Waals surface area contributed by atoms with Crippen molar-refractivity contribution >= 4 is 27.3 Å². The molecule has 16 heavy (non-hydrogen) atoms. The number of benzene rings is 1. The highest BCUT2D eigenvalue weighted by molar-refractivity contribution is 9.10. The number of thiophene rings is 1. The van der Waals surface area contributed by atoms with E-state index in [9.17, 15) is 0 Å². The molecule has 1 N–H and O–H groups in total. The van der Waals surface area contributed by atoms with Crippen LogP contribution in [0.2, 0.25) is 0 Å². The molecule has 3 heteroatoms. The first-order valence-corrected chi connectivity index (χ1v) is 6.97. The van der Waals surface area contributed by atoms with Crippen molar-refractivity contribution in [1.82, 2.24) is 5.32 Å². The lowest BCUT2D eigenvalue weighted by molar-refractivity contribution is 0.592. The molecule has 0 saturated carbocycles. The molecular weight excluding hydrogens is 282 g/mol. The van der Waals surface area contributed by atoms with Crippen LogP contribution in [-0.4, -0.2) is 7.05 Å². The van der Waals surface area contributed by atoms with Crippen molar-refractivity contribution < 1.29 is 0 Å². The van der Waals surface area contributed by atoms with Crippen molar-refractivity contribution in [2.75, 3.05) is 7.05 Å². The maximum atomic E-state index is 3.59. The molecule has 1 nitrogen and oxygen atoms in total. The van der Waals surface area contributed by atoms with E-state index in [1.165, 1.54) is 15.6 Å². The summed E-state index contributed by atoms with van der Waals surface area (Å²) in [4.78, 5) is 0. The number of nitrogens with one attached hydrogen (secondary N) is 1. The monoisotopic (exact) mass is 295 g/mol. The van der Waals surface area contributed by atoms with Gasteiger partial charge in [0.1, 0.15) is 0 Å². The summed E-state index contributed by atoms with van der Waals surface area (Å²) < 4.78 is 1.20. The van der Waals surface area contributed by atoms with Crippen LogP contribution in [0, 0.1) is 0 Å². The second-order valence-electron chi connectivity index (χ2n) is 3.71. The molecule has 0 spiro atoms. The van der Waals surface area contributed by atoms with Gasteiger partial charge in [0, 0.05) is 15.9 Å². The van der Waals surface area contributed by atoms with E-state index in [0.29, 0.717) is 6.04 Å². The SMILES string of the molecule is CNC(Cc1ccccc1)c1cscc1Br. The van der Waals surface area contributed by atoms with Gasteiger partial charge >= 0.3 is 0 Å². The lowest BCUT2D eigenvalue weighted by Crippen LogP contribution is -2.18. The lowest BCUT2D eigenvalue weighted by atomic mass is 10.0. The molecule has 0 aliphatic rings.